The molecule has 6 nitrogen and oxygen atoms in total. The molecule has 1 aromatic rings. The maximum atomic E-state index is 12.1. The molecule has 0 radical (unpaired) electrons. The van der Waals surface area contributed by atoms with Crippen LogP contribution in [-0.4, -0.2) is 60.9 Å². The summed E-state index contributed by atoms with van der Waals surface area (Å²) < 4.78 is 0. The number of rotatable bonds is 7. The molecule has 126 valence electrons. The van der Waals surface area contributed by atoms with Crippen molar-refractivity contribution in [1.82, 2.24) is 15.1 Å². The predicted molar refractivity (Wildman–Crippen MR) is 89.6 cm³/mol. The Bertz CT molecular complexity index is 499. The van der Waals surface area contributed by atoms with E-state index in [-0.39, 0.29) is 18.4 Å². The Morgan fingerprint density at radius 3 is 2.43 bits per heavy atom. The number of carbonyl (C=O) groups is 2. The summed E-state index contributed by atoms with van der Waals surface area (Å²) in [7, 11) is 0. The van der Waals surface area contributed by atoms with E-state index >= 15 is 0 Å². The van der Waals surface area contributed by atoms with Crippen molar-refractivity contribution in [2.24, 2.45) is 5.73 Å². The van der Waals surface area contributed by atoms with Gasteiger partial charge in [0.2, 0.25) is 11.8 Å². The molecule has 0 aromatic heterocycles. The van der Waals surface area contributed by atoms with Crippen LogP contribution in [-0.2, 0) is 16.1 Å². The van der Waals surface area contributed by atoms with Crippen LogP contribution in [0.5, 0.6) is 0 Å². The summed E-state index contributed by atoms with van der Waals surface area (Å²) in [6, 6.07) is 10.3. The molecule has 0 aliphatic carbocycles. The van der Waals surface area contributed by atoms with Crippen molar-refractivity contribution >= 4 is 11.8 Å². The first-order valence-corrected chi connectivity index (χ1v) is 8.20. The highest BCUT2D eigenvalue weighted by Crippen LogP contribution is 2.08. The van der Waals surface area contributed by atoms with Gasteiger partial charge in [-0.25, -0.2) is 0 Å². The van der Waals surface area contributed by atoms with Crippen molar-refractivity contribution in [3.63, 3.8) is 0 Å². The van der Waals surface area contributed by atoms with E-state index in [1.54, 1.807) is 0 Å². The minimum atomic E-state index is -0.105. The monoisotopic (exact) mass is 318 g/mol. The molecule has 1 saturated heterocycles. The van der Waals surface area contributed by atoms with Gasteiger partial charge in [0.05, 0.1) is 6.54 Å². The molecule has 1 aliphatic rings. The lowest BCUT2D eigenvalue weighted by Gasteiger charge is -2.34. The highest BCUT2D eigenvalue weighted by atomic mass is 16.2. The predicted octanol–water partition coefficient (Wildman–Crippen LogP) is 0.186. The van der Waals surface area contributed by atoms with Gasteiger partial charge in [-0.3, -0.25) is 14.5 Å². The molecular formula is C17H26N4O2. The minimum absolute atomic E-state index is 0.00883. The molecule has 2 rings (SSSR count). The van der Waals surface area contributed by atoms with Gasteiger partial charge in [-0.2, -0.15) is 0 Å². The lowest BCUT2D eigenvalue weighted by molar-refractivity contribution is -0.134. The number of nitrogens with one attached hydrogen (secondary N) is 1. The van der Waals surface area contributed by atoms with E-state index in [0.717, 1.165) is 19.6 Å². The third-order valence-corrected chi connectivity index (χ3v) is 4.02. The van der Waals surface area contributed by atoms with Crippen molar-refractivity contribution in [1.29, 1.82) is 0 Å². The molecule has 0 bridgehead atoms. The molecule has 1 heterocycles. The fourth-order valence-electron chi connectivity index (χ4n) is 2.63. The van der Waals surface area contributed by atoms with E-state index in [1.807, 2.05) is 23.1 Å². The zero-order chi connectivity index (χ0) is 16.5. The molecule has 1 fully saturated rings. The fourth-order valence-corrected chi connectivity index (χ4v) is 2.63. The van der Waals surface area contributed by atoms with Crippen molar-refractivity contribution in [2.75, 3.05) is 39.3 Å². The largest absolute Gasteiger partial charge is 0.347 e. The van der Waals surface area contributed by atoms with Crippen LogP contribution in [0.1, 0.15) is 18.4 Å². The Kier molecular flexibility index (Phi) is 7.03. The number of hydrogen-bond donors (Lipinski definition) is 2. The molecule has 1 aromatic carbocycles. The summed E-state index contributed by atoms with van der Waals surface area (Å²) in [5.41, 5.74) is 6.65. The quantitative estimate of drug-likeness (QED) is 0.752. The first-order chi connectivity index (χ1) is 11.2. The van der Waals surface area contributed by atoms with Gasteiger partial charge in [-0.05, 0) is 18.5 Å². The number of benzene rings is 1. The number of carbonyl (C=O) groups excluding carboxylic acids is 2. The van der Waals surface area contributed by atoms with Crippen LogP contribution in [0.25, 0.3) is 0 Å². The van der Waals surface area contributed by atoms with E-state index in [1.165, 1.54) is 5.56 Å². The first-order valence-electron chi connectivity index (χ1n) is 8.20. The van der Waals surface area contributed by atoms with Crippen LogP contribution in [0, 0.1) is 0 Å². The van der Waals surface area contributed by atoms with Gasteiger partial charge >= 0.3 is 0 Å². The standard InChI is InChI=1S/C17H26N4O2/c18-8-4-7-16(22)19-13-17(23)21-11-9-20(10-12-21)14-15-5-2-1-3-6-15/h1-3,5-6H,4,7-14,18H2,(H,19,22). The van der Waals surface area contributed by atoms with Crippen LogP contribution in [0.2, 0.25) is 0 Å². The summed E-state index contributed by atoms with van der Waals surface area (Å²) in [6.45, 7) is 4.64. The molecule has 0 atom stereocenters. The van der Waals surface area contributed by atoms with Crippen molar-refractivity contribution in [3.05, 3.63) is 35.9 Å². The van der Waals surface area contributed by atoms with Crippen LogP contribution >= 0.6 is 0 Å². The SMILES string of the molecule is NCCCC(=O)NCC(=O)N1CCN(Cc2ccccc2)CC1. The summed E-state index contributed by atoms with van der Waals surface area (Å²) in [5, 5.41) is 2.67. The molecular weight excluding hydrogens is 292 g/mol. The number of amides is 2. The molecule has 23 heavy (non-hydrogen) atoms. The summed E-state index contributed by atoms with van der Waals surface area (Å²) in [6.07, 6.45) is 1.03. The maximum absolute atomic E-state index is 12.1. The Balaban J connectivity index is 1.67. The Morgan fingerprint density at radius 1 is 1.09 bits per heavy atom. The molecule has 1 aliphatic heterocycles. The van der Waals surface area contributed by atoms with Gasteiger partial charge in [-0.15, -0.1) is 0 Å². The second-order valence-corrected chi connectivity index (χ2v) is 5.81. The molecule has 3 N–H and O–H groups in total. The number of hydrogen-bond acceptors (Lipinski definition) is 4. The van der Waals surface area contributed by atoms with Crippen LogP contribution in [0.4, 0.5) is 0 Å². The van der Waals surface area contributed by atoms with Crippen LogP contribution < -0.4 is 11.1 Å². The highest BCUT2D eigenvalue weighted by Gasteiger charge is 2.21. The van der Waals surface area contributed by atoms with Gasteiger partial charge in [0, 0.05) is 39.1 Å². The summed E-state index contributed by atoms with van der Waals surface area (Å²) in [4.78, 5) is 27.8. The Labute approximate surface area is 137 Å². The fraction of sp³-hybridized carbons (Fsp3) is 0.529. The zero-order valence-corrected chi connectivity index (χ0v) is 13.5. The Morgan fingerprint density at radius 2 is 1.78 bits per heavy atom. The highest BCUT2D eigenvalue weighted by molar-refractivity contribution is 5.84. The average molecular weight is 318 g/mol. The van der Waals surface area contributed by atoms with Gasteiger partial charge in [0.1, 0.15) is 0 Å². The van der Waals surface area contributed by atoms with Crippen molar-refractivity contribution in [2.45, 2.75) is 19.4 Å². The topological polar surface area (TPSA) is 78.7 Å². The normalized spacial score (nSPS) is 15.4. The third kappa shape index (κ3) is 6.00. The minimum Gasteiger partial charge on any atom is -0.347 e. The van der Waals surface area contributed by atoms with Crippen molar-refractivity contribution in [3.8, 4) is 0 Å². The molecule has 6 heteroatoms. The molecule has 2 amide bonds. The van der Waals surface area contributed by atoms with E-state index in [2.05, 4.69) is 22.3 Å². The maximum Gasteiger partial charge on any atom is 0.242 e. The van der Waals surface area contributed by atoms with E-state index < -0.39 is 0 Å². The van der Waals surface area contributed by atoms with E-state index in [9.17, 15) is 9.59 Å². The number of piperazine rings is 1. The second-order valence-electron chi connectivity index (χ2n) is 5.81. The second kappa shape index (κ2) is 9.27. The molecule has 0 unspecified atom stereocenters. The Hall–Kier alpha value is -1.92. The van der Waals surface area contributed by atoms with E-state index in [4.69, 9.17) is 5.73 Å². The zero-order valence-electron chi connectivity index (χ0n) is 13.5. The lowest BCUT2D eigenvalue weighted by atomic mass is 10.2. The smallest absolute Gasteiger partial charge is 0.242 e. The van der Waals surface area contributed by atoms with E-state index in [0.29, 0.717) is 32.5 Å². The average Bonchev–Trinajstić information content (AvgIpc) is 2.59. The number of nitrogens with two attached hydrogens (primary N) is 1. The van der Waals surface area contributed by atoms with Gasteiger partial charge in [0.15, 0.2) is 0 Å². The summed E-state index contributed by atoms with van der Waals surface area (Å²) in [5.74, 6) is -0.114. The third-order valence-electron chi connectivity index (χ3n) is 4.02. The number of nitrogens with zero attached hydrogens (tertiary/aromatic N) is 2. The first kappa shape index (κ1) is 17.4. The van der Waals surface area contributed by atoms with Crippen LogP contribution in [0.15, 0.2) is 30.3 Å². The molecule has 0 spiro atoms. The van der Waals surface area contributed by atoms with Gasteiger partial charge in [-0.1, -0.05) is 30.3 Å². The van der Waals surface area contributed by atoms with Crippen molar-refractivity contribution < 1.29 is 9.59 Å². The van der Waals surface area contributed by atoms with Gasteiger partial charge in [0.25, 0.3) is 0 Å². The lowest BCUT2D eigenvalue weighted by Crippen LogP contribution is -2.50. The molecule has 0 saturated carbocycles. The van der Waals surface area contributed by atoms with Gasteiger partial charge < -0.3 is 16.0 Å². The van der Waals surface area contributed by atoms with Crippen LogP contribution in [0.3, 0.4) is 0 Å². The summed E-state index contributed by atoms with van der Waals surface area (Å²) >= 11 is 0.